The molecule has 2 saturated carbocycles. The number of para-hydroxylation sites is 1. The fourth-order valence-electron chi connectivity index (χ4n) is 7.52. The standard InChI is InChI=1S/C35H48N6O/c1-39-24-27(23-37-39)25-40(30-14-7-3-8-15-30)21-11-18-34(28-12-5-2-6-13-28)41-26-29-22-32(19-20-33(29)38-35(41)36)42-31-16-9-4-10-17-31/h4,9-10,16-17,19-20,22-24,28,30,34H,2-3,5-8,11-15,18,21,25-26H2,1H3,(H2,36,38)/t34-/m0/s1. The van der Waals surface area contributed by atoms with Crippen LogP contribution in [0.2, 0.25) is 0 Å². The van der Waals surface area contributed by atoms with E-state index >= 15 is 0 Å². The SMILES string of the molecule is Cn1cc(CN(CCC[C@@H](C2CCCCC2)N2Cc3cc(Oc4ccccc4)ccc3N=C2N)C2CCCCC2)cn1. The van der Waals surface area contributed by atoms with E-state index in [1.807, 2.05) is 60.4 Å². The Bertz CT molecular complexity index is 1310. The van der Waals surface area contributed by atoms with E-state index in [-0.39, 0.29) is 0 Å². The molecule has 6 rings (SSSR count). The summed E-state index contributed by atoms with van der Waals surface area (Å²) in [5.41, 5.74) is 10.2. The molecule has 7 heteroatoms. The van der Waals surface area contributed by atoms with Gasteiger partial charge in [-0.3, -0.25) is 9.58 Å². The lowest BCUT2D eigenvalue weighted by Gasteiger charge is -2.42. The first-order valence-corrected chi connectivity index (χ1v) is 16.3. The molecule has 1 aliphatic heterocycles. The Labute approximate surface area is 251 Å². The van der Waals surface area contributed by atoms with Crippen molar-refractivity contribution in [1.82, 2.24) is 19.6 Å². The lowest BCUT2D eigenvalue weighted by molar-refractivity contribution is 0.126. The topological polar surface area (TPSA) is 71.9 Å². The van der Waals surface area contributed by atoms with Crippen molar-refractivity contribution >= 4 is 11.6 Å². The first-order chi connectivity index (χ1) is 20.6. The number of nitrogens with zero attached hydrogens (tertiary/aromatic N) is 5. The van der Waals surface area contributed by atoms with Crippen LogP contribution in [0.25, 0.3) is 0 Å². The summed E-state index contributed by atoms with van der Waals surface area (Å²) >= 11 is 0. The van der Waals surface area contributed by atoms with Crippen LogP contribution in [0.3, 0.4) is 0 Å². The zero-order valence-electron chi connectivity index (χ0n) is 25.3. The summed E-state index contributed by atoms with van der Waals surface area (Å²) in [5.74, 6) is 3.04. The minimum absolute atomic E-state index is 0.410. The Morgan fingerprint density at radius 1 is 0.952 bits per heavy atom. The number of guanidine groups is 1. The van der Waals surface area contributed by atoms with Crippen molar-refractivity contribution in [2.24, 2.45) is 23.7 Å². The van der Waals surface area contributed by atoms with Crippen LogP contribution >= 0.6 is 0 Å². The Balaban J connectivity index is 1.17. The number of hydrogen-bond acceptors (Lipinski definition) is 6. The van der Waals surface area contributed by atoms with Gasteiger partial charge in [-0.15, -0.1) is 0 Å². The van der Waals surface area contributed by atoms with Gasteiger partial charge in [0.25, 0.3) is 0 Å². The van der Waals surface area contributed by atoms with Crippen molar-refractivity contribution in [2.75, 3.05) is 6.54 Å². The summed E-state index contributed by atoms with van der Waals surface area (Å²) in [6, 6.07) is 17.3. The molecule has 2 N–H and O–H groups in total. The third-order valence-corrected chi connectivity index (χ3v) is 9.67. The smallest absolute Gasteiger partial charge is 0.197 e. The molecular formula is C35H48N6O. The Morgan fingerprint density at radius 2 is 1.71 bits per heavy atom. The molecule has 1 atom stereocenters. The highest BCUT2D eigenvalue weighted by Crippen LogP contribution is 2.37. The quantitative estimate of drug-likeness (QED) is 0.259. The fraction of sp³-hybridized carbons (Fsp3) is 0.543. The maximum Gasteiger partial charge on any atom is 0.197 e. The molecule has 0 bridgehead atoms. The Hall–Kier alpha value is -3.32. The molecule has 1 aromatic heterocycles. The molecule has 2 aromatic carbocycles. The summed E-state index contributed by atoms with van der Waals surface area (Å²) in [5, 5.41) is 4.45. The van der Waals surface area contributed by atoms with Gasteiger partial charge < -0.3 is 15.4 Å². The van der Waals surface area contributed by atoms with E-state index in [0.29, 0.717) is 24.0 Å². The maximum absolute atomic E-state index is 6.74. The number of ether oxygens (including phenoxy) is 1. The number of rotatable bonds is 11. The molecule has 0 spiro atoms. The number of aliphatic imine (C=N–C) groups is 1. The average Bonchev–Trinajstić information content (AvgIpc) is 3.44. The normalized spacial score (nSPS) is 19.0. The minimum Gasteiger partial charge on any atom is -0.457 e. The second kappa shape index (κ2) is 13.8. The average molecular weight is 569 g/mol. The molecule has 224 valence electrons. The number of aryl methyl sites for hydroxylation is 1. The van der Waals surface area contributed by atoms with Crippen molar-refractivity contribution in [2.45, 2.75) is 102 Å². The summed E-state index contributed by atoms with van der Waals surface area (Å²) in [4.78, 5) is 10.1. The van der Waals surface area contributed by atoms with Crippen LogP contribution in [0, 0.1) is 5.92 Å². The number of hydrogen-bond donors (Lipinski definition) is 1. The maximum atomic E-state index is 6.74. The van der Waals surface area contributed by atoms with Crippen LogP contribution in [0.15, 0.2) is 65.9 Å². The third kappa shape index (κ3) is 7.17. The summed E-state index contributed by atoms with van der Waals surface area (Å²) in [6.07, 6.45) is 19.9. The summed E-state index contributed by atoms with van der Waals surface area (Å²) < 4.78 is 8.10. The molecule has 0 amide bonds. The molecule has 42 heavy (non-hydrogen) atoms. The second-order valence-corrected chi connectivity index (χ2v) is 12.7. The van der Waals surface area contributed by atoms with Crippen molar-refractivity contribution in [3.8, 4) is 11.5 Å². The van der Waals surface area contributed by atoms with Crippen molar-refractivity contribution in [3.05, 3.63) is 72.1 Å². The first kappa shape index (κ1) is 28.8. The summed E-state index contributed by atoms with van der Waals surface area (Å²) in [7, 11) is 2.02. The van der Waals surface area contributed by atoms with Crippen LogP contribution < -0.4 is 10.5 Å². The van der Waals surface area contributed by atoms with Gasteiger partial charge in [-0.1, -0.05) is 56.7 Å². The molecule has 7 nitrogen and oxygen atoms in total. The second-order valence-electron chi connectivity index (χ2n) is 12.7. The van der Waals surface area contributed by atoms with Crippen LogP contribution in [0.1, 0.15) is 88.2 Å². The van der Waals surface area contributed by atoms with Gasteiger partial charge in [-0.25, -0.2) is 4.99 Å². The molecule has 3 aliphatic rings. The van der Waals surface area contributed by atoms with E-state index in [0.717, 1.165) is 43.2 Å². The van der Waals surface area contributed by atoms with Crippen LogP contribution in [-0.2, 0) is 20.1 Å². The van der Waals surface area contributed by atoms with Gasteiger partial charge in [-0.2, -0.15) is 5.10 Å². The van der Waals surface area contributed by atoms with Gasteiger partial charge in [0.1, 0.15) is 11.5 Å². The number of benzene rings is 2. The molecule has 2 heterocycles. The van der Waals surface area contributed by atoms with Crippen LogP contribution in [0.5, 0.6) is 11.5 Å². The molecule has 0 saturated heterocycles. The molecule has 3 aromatic rings. The Kier molecular flexibility index (Phi) is 9.44. The van der Waals surface area contributed by atoms with Gasteiger partial charge in [0, 0.05) is 49.5 Å². The highest BCUT2D eigenvalue weighted by molar-refractivity contribution is 5.84. The first-order valence-electron chi connectivity index (χ1n) is 16.3. The minimum atomic E-state index is 0.410. The highest BCUT2D eigenvalue weighted by Gasteiger charge is 2.33. The van der Waals surface area contributed by atoms with Crippen molar-refractivity contribution < 1.29 is 4.74 Å². The fourth-order valence-corrected chi connectivity index (χ4v) is 7.52. The zero-order valence-corrected chi connectivity index (χ0v) is 25.3. The van der Waals surface area contributed by atoms with E-state index in [2.05, 4.69) is 27.2 Å². The van der Waals surface area contributed by atoms with E-state index in [4.69, 9.17) is 15.5 Å². The van der Waals surface area contributed by atoms with Gasteiger partial charge in [0.2, 0.25) is 0 Å². The van der Waals surface area contributed by atoms with Crippen LogP contribution in [0.4, 0.5) is 5.69 Å². The lowest BCUT2D eigenvalue weighted by atomic mass is 9.81. The van der Waals surface area contributed by atoms with Crippen molar-refractivity contribution in [3.63, 3.8) is 0 Å². The predicted octanol–water partition coefficient (Wildman–Crippen LogP) is 7.54. The molecule has 0 unspecified atom stereocenters. The molecule has 0 radical (unpaired) electrons. The zero-order chi connectivity index (χ0) is 28.7. The largest absolute Gasteiger partial charge is 0.457 e. The van der Waals surface area contributed by atoms with Crippen LogP contribution in [-0.4, -0.2) is 44.2 Å². The van der Waals surface area contributed by atoms with Gasteiger partial charge >= 0.3 is 0 Å². The van der Waals surface area contributed by atoms with Gasteiger partial charge in [0.15, 0.2) is 5.96 Å². The van der Waals surface area contributed by atoms with Gasteiger partial charge in [-0.05, 0) is 81.3 Å². The molecule has 2 aliphatic carbocycles. The number of fused-ring (bicyclic) bond motifs is 1. The number of aromatic nitrogens is 2. The van der Waals surface area contributed by atoms with Crippen molar-refractivity contribution in [1.29, 1.82) is 0 Å². The monoisotopic (exact) mass is 568 g/mol. The van der Waals surface area contributed by atoms with Gasteiger partial charge in [0.05, 0.1) is 11.9 Å². The van der Waals surface area contributed by atoms with E-state index in [1.165, 1.54) is 81.8 Å². The lowest BCUT2D eigenvalue weighted by Crippen LogP contribution is -2.49. The summed E-state index contributed by atoms with van der Waals surface area (Å²) in [6.45, 7) is 2.91. The predicted molar refractivity (Wildman–Crippen MR) is 170 cm³/mol. The van der Waals surface area contributed by atoms with E-state index in [1.54, 1.807) is 0 Å². The highest BCUT2D eigenvalue weighted by atomic mass is 16.5. The van der Waals surface area contributed by atoms with E-state index < -0.39 is 0 Å². The third-order valence-electron chi connectivity index (χ3n) is 9.67. The molecule has 2 fully saturated rings. The number of nitrogens with two attached hydrogens (primary N) is 1. The van der Waals surface area contributed by atoms with E-state index in [9.17, 15) is 0 Å². The molecular weight excluding hydrogens is 520 g/mol. The Morgan fingerprint density at radius 3 is 2.45 bits per heavy atom.